The van der Waals surface area contributed by atoms with E-state index in [1.165, 1.54) is 4.70 Å². The molecule has 2 aromatic heterocycles. The molecule has 0 aliphatic rings. The van der Waals surface area contributed by atoms with E-state index in [2.05, 4.69) is 15.6 Å². The van der Waals surface area contributed by atoms with Gasteiger partial charge in [-0.2, -0.15) is 0 Å². The molecule has 21 heavy (non-hydrogen) atoms. The summed E-state index contributed by atoms with van der Waals surface area (Å²) in [4.78, 5) is 15.5. The van der Waals surface area contributed by atoms with Crippen LogP contribution in [0.4, 0.5) is 0 Å². The number of fused-ring (bicyclic) bond motifs is 2. The zero-order valence-corrected chi connectivity index (χ0v) is 12.0. The molecule has 0 saturated carbocycles. The van der Waals surface area contributed by atoms with E-state index in [1.807, 2.05) is 48.7 Å². The third kappa shape index (κ3) is 2.14. The number of nitrogens with zero attached hydrogens (tertiary/aromatic N) is 2. The molecule has 0 fully saturated rings. The third-order valence-corrected chi connectivity index (χ3v) is 4.60. The average molecular weight is 292 g/mol. The van der Waals surface area contributed by atoms with Gasteiger partial charge in [-0.15, -0.1) is 11.3 Å². The van der Waals surface area contributed by atoms with Crippen LogP contribution in [-0.2, 0) is 6.54 Å². The van der Waals surface area contributed by atoms with Gasteiger partial charge in [-0.1, -0.05) is 12.1 Å². The Balaban J connectivity index is 1.75. The lowest BCUT2D eigenvalue weighted by atomic mass is 10.2. The molecule has 3 nitrogen and oxygen atoms in total. The van der Waals surface area contributed by atoms with Crippen molar-refractivity contribution in [3.05, 3.63) is 65.3 Å². The fourth-order valence-corrected chi connectivity index (χ4v) is 3.53. The van der Waals surface area contributed by atoms with E-state index in [-0.39, 0.29) is 0 Å². The highest BCUT2D eigenvalue weighted by molar-refractivity contribution is 7.18. The summed E-state index contributed by atoms with van der Waals surface area (Å²) in [6.45, 7) is 0.753. The Morgan fingerprint density at radius 1 is 1.14 bits per heavy atom. The highest BCUT2D eigenvalue weighted by atomic mass is 32.1. The standard InChI is InChI=1S/C17H12N2OS/c20-11-12-5-6-15-13(9-12)7-8-19(15)10-17-18-14-3-1-2-4-16(14)21-17/h1-9,11H,10H2. The molecule has 0 bridgehead atoms. The number of hydrogen-bond acceptors (Lipinski definition) is 3. The molecule has 0 radical (unpaired) electrons. The summed E-state index contributed by atoms with van der Waals surface area (Å²) >= 11 is 1.72. The van der Waals surface area contributed by atoms with Gasteiger partial charge in [0.1, 0.15) is 11.3 Å². The predicted molar refractivity (Wildman–Crippen MR) is 86.0 cm³/mol. The first-order chi connectivity index (χ1) is 10.3. The van der Waals surface area contributed by atoms with Gasteiger partial charge in [-0.05, 0) is 36.4 Å². The minimum Gasteiger partial charge on any atom is -0.341 e. The van der Waals surface area contributed by atoms with E-state index >= 15 is 0 Å². The van der Waals surface area contributed by atoms with Crippen molar-refractivity contribution < 1.29 is 4.79 Å². The summed E-state index contributed by atoms with van der Waals surface area (Å²) in [6.07, 6.45) is 2.93. The first kappa shape index (κ1) is 12.3. The van der Waals surface area contributed by atoms with Crippen molar-refractivity contribution in [2.45, 2.75) is 6.54 Å². The molecule has 0 atom stereocenters. The zero-order chi connectivity index (χ0) is 14.2. The Bertz CT molecular complexity index is 919. The van der Waals surface area contributed by atoms with Crippen molar-refractivity contribution in [2.24, 2.45) is 0 Å². The van der Waals surface area contributed by atoms with Crippen molar-refractivity contribution >= 4 is 38.7 Å². The van der Waals surface area contributed by atoms with Gasteiger partial charge >= 0.3 is 0 Å². The molecule has 2 aromatic carbocycles. The Morgan fingerprint density at radius 2 is 2.05 bits per heavy atom. The molecule has 0 aliphatic carbocycles. The molecule has 102 valence electrons. The molecule has 4 aromatic rings. The van der Waals surface area contributed by atoms with Crippen LogP contribution in [0.1, 0.15) is 15.4 Å². The molecule has 0 N–H and O–H groups in total. The van der Waals surface area contributed by atoms with E-state index in [9.17, 15) is 4.79 Å². The number of aldehydes is 1. The second-order valence-electron chi connectivity index (χ2n) is 4.96. The summed E-state index contributed by atoms with van der Waals surface area (Å²) < 4.78 is 3.38. The van der Waals surface area contributed by atoms with Gasteiger partial charge in [0.05, 0.1) is 16.8 Å². The lowest BCUT2D eigenvalue weighted by molar-refractivity contribution is 0.112. The number of benzene rings is 2. The SMILES string of the molecule is O=Cc1ccc2c(ccn2Cc2nc3ccccc3s2)c1. The topological polar surface area (TPSA) is 34.9 Å². The van der Waals surface area contributed by atoms with E-state index in [1.54, 1.807) is 11.3 Å². The smallest absolute Gasteiger partial charge is 0.150 e. The van der Waals surface area contributed by atoms with Gasteiger partial charge in [0.2, 0.25) is 0 Å². The number of thiazole rings is 1. The summed E-state index contributed by atoms with van der Waals surface area (Å²) in [7, 11) is 0. The predicted octanol–water partition coefficient (Wildman–Crippen LogP) is 4.11. The van der Waals surface area contributed by atoms with E-state index < -0.39 is 0 Å². The van der Waals surface area contributed by atoms with Gasteiger partial charge in [0.25, 0.3) is 0 Å². The Labute approximate surface area is 125 Å². The average Bonchev–Trinajstić information content (AvgIpc) is 3.10. The minimum atomic E-state index is 0.709. The summed E-state index contributed by atoms with van der Waals surface area (Å²) in [6, 6.07) is 16.0. The van der Waals surface area contributed by atoms with Gasteiger partial charge in [-0.3, -0.25) is 4.79 Å². The highest BCUT2D eigenvalue weighted by Crippen LogP contribution is 2.24. The van der Waals surface area contributed by atoms with Crippen LogP contribution in [0.5, 0.6) is 0 Å². The number of hydrogen-bond donors (Lipinski definition) is 0. The molecule has 0 aliphatic heterocycles. The number of aromatic nitrogens is 2. The summed E-state index contributed by atoms with van der Waals surface area (Å²) in [5, 5.41) is 2.17. The van der Waals surface area contributed by atoms with Gasteiger partial charge in [0.15, 0.2) is 0 Å². The molecule has 0 saturated heterocycles. The fourth-order valence-electron chi connectivity index (χ4n) is 2.56. The highest BCUT2D eigenvalue weighted by Gasteiger charge is 2.07. The molecule has 2 heterocycles. The van der Waals surface area contributed by atoms with Gasteiger partial charge < -0.3 is 4.57 Å². The van der Waals surface area contributed by atoms with Crippen LogP contribution in [0.25, 0.3) is 21.1 Å². The summed E-state index contributed by atoms with van der Waals surface area (Å²) in [5.41, 5.74) is 2.89. The van der Waals surface area contributed by atoms with Crippen molar-refractivity contribution in [2.75, 3.05) is 0 Å². The van der Waals surface area contributed by atoms with Crippen LogP contribution in [0, 0.1) is 0 Å². The van der Waals surface area contributed by atoms with E-state index in [0.717, 1.165) is 34.3 Å². The second kappa shape index (κ2) is 4.82. The Kier molecular flexibility index (Phi) is 2.82. The van der Waals surface area contributed by atoms with Crippen molar-refractivity contribution in [3.8, 4) is 0 Å². The Morgan fingerprint density at radius 3 is 2.90 bits per heavy atom. The molecule has 0 unspecified atom stereocenters. The van der Waals surface area contributed by atoms with Crippen LogP contribution >= 0.6 is 11.3 Å². The van der Waals surface area contributed by atoms with Crippen LogP contribution in [0.15, 0.2) is 54.7 Å². The van der Waals surface area contributed by atoms with Gasteiger partial charge in [0, 0.05) is 22.7 Å². The number of carbonyl (C=O) groups excluding carboxylic acids is 1. The number of para-hydroxylation sites is 1. The zero-order valence-electron chi connectivity index (χ0n) is 11.2. The van der Waals surface area contributed by atoms with Crippen LogP contribution < -0.4 is 0 Å². The largest absolute Gasteiger partial charge is 0.341 e. The van der Waals surface area contributed by atoms with Crippen molar-refractivity contribution in [3.63, 3.8) is 0 Å². The first-order valence-corrected chi connectivity index (χ1v) is 7.54. The quantitative estimate of drug-likeness (QED) is 0.533. The molecule has 0 spiro atoms. The maximum absolute atomic E-state index is 10.8. The van der Waals surface area contributed by atoms with Crippen LogP contribution in [0.2, 0.25) is 0 Å². The van der Waals surface area contributed by atoms with E-state index in [4.69, 9.17) is 0 Å². The number of carbonyl (C=O) groups is 1. The molecule has 4 heteroatoms. The molecule has 4 rings (SSSR count). The normalized spacial score (nSPS) is 11.2. The van der Waals surface area contributed by atoms with Gasteiger partial charge in [-0.25, -0.2) is 4.98 Å². The van der Waals surface area contributed by atoms with Crippen molar-refractivity contribution in [1.82, 2.24) is 9.55 Å². The maximum Gasteiger partial charge on any atom is 0.150 e. The second-order valence-corrected chi connectivity index (χ2v) is 6.07. The lowest BCUT2D eigenvalue weighted by Gasteiger charge is -2.02. The van der Waals surface area contributed by atoms with Crippen molar-refractivity contribution in [1.29, 1.82) is 0 Å². The monoisotopic (exact) mass is 292 g/mol. The fraction of sp³-hybridized carbons (Fsp3) is 0.0588. The Hall–Kier alpha value is -2.46. The molecular weight excluding hydrogens is 280 g/mol. The molecule has 0 amide bonds. The first-order valence-electron chi connectivity index (χ1n) is 6.72. The minimum absolute atomic E-state index is 0.709. The van der Waals surface area contributed by atoms with Crippen LogP contribution in [-0.4, -0.2) is 15.8 Å². The third-order valence-electron chi connectivity index (χ3n) is 3.57. The lowest BCUT2D eigenvalue weighted by Crippen LogP contribution is -1.97. The molecular formula is C17H12N2OS. The maximum atomic E-state index is 10.8. The van der Waals surface area contributed by atoms with E-state index in [0.29, 0.717) is 5.56 Å². The number of rotatable bonds is 3. The van der Waals surface area contributed by atoms with Crippen LogP contribution in [0.3, 0.4) is 0 Å². The summed E-state index contributed by atoms with van der Waals surface area (Å²) in [5.74, 6) is 0.